The fraction of sp³-hybridized carbons (Fsp3) is 0.438. The highest BCUT2D eigenvalue weighted by molar-refractivity contribution is 5.97. The molecule has 3 rings (SSSR count). The molecule has 0 bridgehead atoms. The van der Waals surface area contributed by atoms with Crippen molar-refractivity contribution in [3.63, 3.8) is 0 Å². The fourth-order valence-corrected chi connectivity index (χ4v) is 2.79. The van der Waals surface area contributed by atoms with Gasteiger partial charge < -0.3 is 14.2 Å². The number of amides is 2. The minimum absolute atomic E-state index is 0.0265. The lowest BCUT2D eigenvalue weighted by Crippen LogP contribution is -2.36. The summed E-state index contributed by atoms with van der Waals surface area (Å²) in [4.78, 5) is 31.9. The maximum absolute atomic E-state index is 12.6. The van der Waals surface area contributed by atoms with Crippen molar-refractivity contribution in [3.05, 3.63) is 29.7 Å². The van der Waals surface area contributed by atoms with Gasteiger partial charge in [0.1, 0.15) is 5.52 Å². The predicted molar refractivity (Wildman–Crippen MR) is 81.5 cm³/mol. The monoisotopic (exact) mass is 301 g/mol. The average Bonchev–Trinajstić information content (AvgIpc) is 2.70. The second-order valence-electron chi connectivity index (χ2n) is 5.57. The molecule has 22 heavy (non-hydrogen) atoms. The zero-order valence-corrected chi connectivity index (χ0v) is 12.8. The molecule has 2 amide bonds. The molecule has 0 radical (unpaired) electrons. The number of aryl methyl sites for hydroxylation is 1. The maximum atomic E-state index is 12.6. The van der Waals surface area contributed by atoms with Crippen molar-refractivity contribution in [1.29, 1.82) is 0 Å². The van der Waals surface area contributed by atoms with Crippen LogP contribution < -0.4 is 0 Å². The standard InChI is InChI=1S/C16H19N3O3/c1-11-17-14-5-4-13(10-15(14)22-11)16(21)19-7-3-6-18(8-9-19)12(2)20/h4-5,10H,3,6-9H2,1-2H3. The molecular formula is C16H19N3O3. The van der Waals surface area contributed by atoms with E-state index in [4.69, 9.17) is 4.42 Å². The van der Waals surface area contributed by atoms with Crippen molar-refractivity contribution < 1.29 is 14.0 Å². The molecule has 0 atom stereocenters. The quantitative estimate of drug-likeness (QED) is 0.806. The van der Waals surface area contributed by atoms with Crippen LogP contribution in [0.15, 0.2) is 22.6 Å². The van der Waals surface area contributed by atoms with Gasteiger partial charge in [0.25, 0.3) is 5.91 Å². The van der Waals surface area contributed by atoms with E-state index in [1.54, 1.807) is 41.8 Å². The first-order valence-electron chi connectivity index (χ1n) is 7.46. The predicted octanol–water partition coefficient (Wildman–Crippen LogP) is 1.83. The number of nitrogens with zero attached hydrogens (tertiary/aromatic N) is 3. The second kappa shape index (κ2) is 5.79. The van der Waals surface area contributed by atoms with E-state index in [0.29, 0.717) is 43.2 Å². The van der Waals surface area contributed by atoms with Gasteiger partial charge in [0.2, 0.25) is 5.91 Å². The Morgan fingerprint density at radius 3 is 2.64 bits per heavy atom. The highest BCUT2D eigenvalue weighted by Gasteiger charge is 2.21. The number of oxazole rings is 1. The number of hydrogen-bond acceptors (Lipinski definition) is 4. The van der Waals surface area contributed by atoms with Gasteiger partial charge in [-0.2, -0.15) is 0 Å². The van der Waals surface area contributed by atoms with E-state index in [1.165, 1.54) is 0 Å². The SMILES string of the molecule is CC(=O)N1CCCN(C(=O)c2ccc3nc(C)oc3c2)CC1. The number of benzene rings is 1. The fourth-order valence-electron chi connectivity index (χ4n) is 2.79. The van der Waals surface area contributed by atoms with Gasteiger partial charge in [0.05, 0.1) is 0 Å². The van der Waals surface area contributed by atoms with Gasteiger partial charge in [-0.05, 0) is 24.6 Å². The van der Waals surface area contributed by atoms with Gasteiger partial charge in [-0.3, -0.25) is 9.59 Å². The lowest BCUT2D eigenvalue weighted by Gasteiger charge is -2.21. The Kier molecular flexibility index (Phi) is 3.83. The van der Waals surface area contributed by atoms with Crippen LogP contribution in [0.25, 0.3) is 11.1 Å². The molecule has 2 heterocycles. The molecule has 1 aliphatic heterocycles. The van der Waals surface area contributed by atoms with Crippen molar-refractivity contribution >= 4 is 22.9 Å². The van der Waals surface area contributed by atoms with Gasteiger partial charge in [0.15, 0.2) is 11.5 Å². The first-order valence-corrected chi connectivity index (χ1v) is 7.46. The number of fused-ring (bicyclic) bond motifs is 1. The van der Waals surface area contributed by atoms with E-state index < -0.39 is 0 Å². The van der Waals surface area contributed by atoms with E-state index in [9.17, 15) is 9.59 Å². The number of carbonyl (C=O) groups excluding carboxylic acids is 2. The van der Waals surface area contributed by atoms with Gasteiger partial charge in [-0.25, -0.2) is 4.98 Å². The lowest BCUT2D eigenvalue weighted by molar-refractivity contribution is -0.128. The summed E-state index contributed by atoms with van der Waals surface area (Å²) in [5.74, 6) is 0.626. The van der Waals surface area contributed by atoms with Crippen LogP contribution in [0.4, 0.5) is 0 Å². The molecule has 1 aliphatic rings. The highest BCUT2D eigenvalue weighted by atomic mass is 16.3. The smallest absolute Gasteiger partial charge is 0.254 e. The number of rotatable bonds is 1. The van der Waals surface area contributed by atoms with Crippen LogP contribution in [0.3, 0.4) is 0 Å². The van der Waals surface area contributed by atoms with Crippen LogP contribution in [-0.4, -0.2) is 52.8 Å². The Hall–Kier alpha value is -2.37. The Morgan fingerprint density at radius 2 is 1.86 bits per heavy atom. The zero-order chi connectivity index (χ0) is 15.7. The van der Waals surface area contributed by atoms with Gasteiger partial charge in [0, 0.05) is 45.6 Å². The number of aromatic nitrogens is 1. The lowest BCUT2D eigenvalue weighted by atomic mass is 10.1. The largest absolute Gasteiger partial charge is 0.441 e. The Morgan fingerprint density at radius 1 is 1.14 bits per heavy atom. The molecule has 1 aromatic heterocycles. The van der Waals surface area contributed by atoms with E-state index in [-0.39, 0.29) is 11.8 Å². The van der Waals surface area contributed by atoms with Crippen molar-refractivity contribution in [3.8, 4) is 0 Å². The van der Waals surface area contributed by atoms with Crippen LogP contribution in [0.1, 0.15) is 29.6 Å². The molecule has 1 fully saturated rings. The first kappa shape index (κ1) is 14.6. The molecular weight excluding hydrogens is 282 g/mol. The van der Waals surface area contributed by atoms with E-state index >= 15 is 0 Å². The summed E-state index contributed by atoms with van der Waals surface area (Å²) >= 11 is 0. The van der Waals surface area contributed by atoms with Gasteiger partial charge in [-0.1, -0.05) is 0 Å². The molecule has 2 aromatic rings. The molecule has 116 valence electrons. The van der Waals surface area contributed by atoms with Gasteiger partial charge in [-0.15, -0.1) is 0 Å². The summed E-state index contributed by atoms with van der Waals surface area (Å²) in [6.45, 7) is 5.87. The second-order valence-corrected chi connectivity index (χ2v) is 5.57. The molecule has 1 saturated heterocycles. The van der Waals surface area contributed by atoms with Crippen molar-refractivity contribution in [2.75, 3.05) is 26.2 Å². The van der Waals surface area contributed by atoms with Crippen LogP contribution in [0.2, 0.25) is 0 Å². The summed E-state index contributed by atoms with van der Waals surface area (Å²) < 4.78 is 5.48. The zero-order valence-electron chi connectivity index (χ0n) is 12.8. The summed E-state index contributed by atoms with van der Waals surface area (Å²) in [5.41, 5.74) is 1.98. The molecule has 6 nitrogen and oxygen atoms in total. The molecule has 6 heteroatoms. The summed E-state index contributed by atoms with van der Waals surface area (Å²) in [6, 6.07) is 5.32. The van der Waals surface area contributed by atoms with E-state index in [0.717, 1.165) is 11.9 Å². The molecule has 0 N–H and O–H groups in total. The minimum Gasteiger partial charge on any atom is -0.441 e. The number of carbonyl (C=O) groups is 2. The summed E-state index contributed by atoms with van der Waals surface area (Å²) in [7, 11) is 0. The third-order valence-corrected chi connectivity index (χ3v) is 3.97. The molecule has 1 aromatic carbocycles. The van der Waals surface area contributed by atoms with Gasteiger partial charge >= 0.3 is 0 Å². The Labute approximate surface area is 128 Å². The Bertz CT molecular complexity index is 722. The minimum atomic E-state index is -0.0265. The number of hydrogen-bond donors (Lipinski definition) is 0. The van der Waals surface area contributed by atoms with Crippen molar-refractivity contribution in [2.24, 2.45) is 0 Å². The summed E-state index contributed by atoms with van der Waals surface area (Å²) in [6.07, 6.45) is 0.801. The third-order valence-electron chi connectivity index (χ3n) is 3.97. The Balaban J connectivity index is 1.78. The topological polar surface area (TPSA) is 66.7 Å². The van der Waals surface area contributed by atoms with E-state index in [1.807, 2.05) is 0 Å². The van der Waals surface area contributed by atoms with Crippen LogP contribution in [-0.2, 0) is 4.79 Å². The van der Waals surface area contributed by atoms with Crippen molar-refractivity contribution in [2.45, 2.75) is 20.3 Å². The van der Waals surface area contributed by atoms with E-state index in [2.05, 4.69) is 4.98 Å². The highest BCUT2D eigenvalue weighted by Crippen LogP contribution is 2.18. The molecule has 0 saturated carbocycles. The first-order chi connectivity index (χ1) is 10.5. The molecule has 0 aliphatic carbocycles. The van der Waals surface area contributed by atoms with Crippen LogP contribution in [0.5, 0.6) is 0 Å². The summed E-state index contributed by atoms with van der Waals surface area (Å²) in [5, 5.41) is 0. The average molecular weight is 301 g/mol. The van der Waals surface area contributed by atoms with Crippen LogP contribution in [0, 0.1) is 6.92 Å². The third kappa shape index (κ3) is 2.81. The molecule has 0 unspecified atom stereocenters. The maximum Gasteiger partial charge on any atom is 0.254 e. The van der Waals surface area contributed by atoms with Crippen LogP contribution >= 0.6 is 0 Å². The van der Waals surface area contributed by atoms with Crippen molar-refractivity contribution in [1.82, 2.24) is 14.8 Å². The molecule has 0 spiro atoms. The normalized spacial score (nSPS) is 15.9.